The lowest BCUT2D eigenvalue weighted by Gasteiger charge is -2.29. The lowest BCUT2D eigenvalue weighted by atomic mass is 10.0. The Labute approximate surface area is 107 Å². The van der Waals surface area contributed by atoms with Crippen LogP contribution in [0.2, 0.25) is 0 Å². The van der Waals surface area contributed by atoms with Gasteiger partial charge in [-0.15, -0.1) is 0 Å². The van der Waals surface area contributed by atoms with Gasteiger partial charge in [0.25, 0.3) is 0 Å². The quantitative estimate of drug-likeness (QED) is 0.817. The number of hydrogen-bond acceptors (Lipinski definition) is 3. The summed E-state index contributed by atoms with van der Waals surface area (Å²) in [6.45, 7) is 3.17. The van der Waals surface area contributed by atoms with E-state index in [1.165, 1.54) is 11.1 Å². The van der Waals surface area contributed by atoms with Crippen LogP contribution in [0.5, 0.6) is 0 Å². The molecule has 1 amide bonds. The number of amides is 1. The van der Waals surface area contributed by atoms with E-state index in [1.807, 2.05) is 6.07 Å². The monoisotopic (exact) mass is 246 g/mol. The van der Waals surface area contributed by atoms with Gasteiger partial charge < -0.3 is 15.0 Å². The van der Waals surface area contributed by atoms with Crippen LogP contribution in [0, 0.1) is 0 Å². The Morgan fingerprint density at radius 2 is 2.17 bits per heavy atom. The van der Waals surface area contributed by atoms with Gasteiger partial charge in [0.05, 0.1) is 0 Å². The van der Waals surface area contributed by atoms with Crippen molar-refractivity contribution < 1.29 is 9.53 Å². The molecule has 3 rings (SSSR count). The van der Waals surface area contributed by atoms with Gasteiger partial charge in [-0.3, -0.25) is 0 Å². The summed E-state index contributed by atoms with van der Waals surface area (Å²) in [7, 11) is 0. The van der Waals surface area contributed by atoms with Crippen molar-refractivity contribution in [2.75, 3.05) is 19.6 Å². The first-order valence-electron chi connectivity index (χ1n) is 6.56. The van der Waals surface area contributed by atoms with Crippen molar-refractivity contribution in [2.24, 2.45) is 0 Å². The fourth-order valence-electron chi connectivity index (χ4n) is 2.60. The summed E-state index contributed by atoms with van der Waals surface area (Å²) >= 11 is 0. The van der Waals surface area contributed by atoms with Gasteiger partial charge in [0.15, 0.2) is 0 Å². The highest BCUT2D eigenvalue weighted by Crippen LogP contribution is 2.19. The van der Waals surface area contributed by atoms with E-state index in [4.69, 9.17) is 4.74 Å². The molecule has 1 aromatic rings. The zero-order valence-electron chi connectivity index (χ0n) is 10.4. The fraction of sp³-hybridized carbons (Fsp3) is 0.500. The number of nitrogens with zero attached hydrogens (tertiary/aromatic N) is 1. The van der Waals surface area contributed by atoms with Crippen molar-refractivity contribution in [1.29, 1.82) is 0 Å². The summed E-state index contributed by atoms with van der Waals surface area (Å²) in [5, 5.41) is 3.20. The Morgan fingerprint density at radius 3 is 2.94 bits per heavy atom. The highest BCUT2D eigenvalue weighted by atomic mass is 16.6. The normalized spacial score (nSPS) is 22.7. The predicted molar refractivity (Wildman–Crippen MR) is 68.3 cm³/mol. The van der Waals surface area contributed by atoms with Crippen LogP contribution in [0.4, 0.5) is 4.79 Å². The maximum atomic E-state index is 12.0. The summed E-state index contributed by atoms with van der Waals surface area (Å²) < 4.78 is 5.49. The summed E-state index contributed by atoms with van der Waals surface area (Å²) in [6.07, 6.45) is 1.73. The molecule has 0 radical (unpaired) electrons. The number of nitrogens with one attached hydrogen (secondary N) is 1. The number of hydrogen-bond donors (Lipinski definition) is 1. The molecular formula is C14H18N2O2. The van der Waals surface area contributed by atoms with E-state index in [9.17, 15) is 4.79 Å². The minimum Gasteiger partial charge on any atom is -0.445 e. The molecule has 0 spiro atoms. The molecule has 0 bridgehead atoms. The number of carbonyl (C=O) groups excluding carboxylic acids is 1. The minimum atomic E-state index is -0.168. The fourth-order valence-corrected chi connectivity index (χ4v) is 2.60. The first kappa shape index (κ1) is 11.5. The summed E-state index contributed by atoms with van der Waals surface area (Å²) in [4.78, 5) is 13.8. The van der Waals surface area contributed by atoms with Gasteiger partial charge in [-0.25, -0.2) is 4.79 Å². The van der Waals surface area contributed by atoms with Gasteiger partial charge in [-0.1, -0.05) is 24.3 Å². The Hall–Kier alpha value is -1.55. The lowest BCUT2D eigenvalue weighted by Crippen LogP contribution is -2.38. The maximum Gasteiger partial charge on any atom is 0.410 e. The molecule has 4 nitrogen and oxygen atoms in total. The molecule has 1 N–H and O–H groups in total. The molecule has 1 fully saturated rings. The van der Waals surface area contributed by atoms with Gasteiger partial charge in [0.1, 0.15) is 6.10 Å². The van der Waals surface area contributed by atoms with E-state index >= 15 is 0 Å². The third-order valence-electron chi connectivity index (χ3n) is 3.67. The first-order chi connectivity index (χ1) is 8.83. The molecule has 0 aliphatic carbocycles. The Morgan fingerprint density at radius 1 is 1.33 bits per heavy atom. The second-order valence-corrected chi connectivity index (χ2v) is 4.94. The summed E-state index contributed by atoms with van der Waals surface area (Å²) in [5.41, 5.74) is 2.59. The van der Waals surface area contributed by atoms with Crippen molar-refractivity contribution in [1.82, 2.24) is 10.2 Å². The number of fused-ring (bicyclic) bond motifs is 1. The molecule has 2 aliphatic heterocycles. The van der Waals surface area contributed by atoms with Crippen LogP contribution >= 0.6 is 0 Å². The molecule has 0 aromatic heterocycles. The van der Waals surface area contributed by atoms with E-state index in [0.29, 0.717) is 6.54 Å². The summed E-state index contributed by atoms with van der Waals surface area (Å²) in [5.74, 6) is 0. The minimum absolute atomic E-state index is 0.0506. The van der Waals surface area contributed by atoms with Crippen molar-refractivity contribution in [3.63, 3.8) is 0 Å². The SMILES string of the molecule is O=C(O[C@@H]1CCNC1)N1CCc2ccccc2C1. The maximum absolute atomic E-state index is 12.0. The van der Waals surface area contributed by atoms with E-state index < -0.39 is 0 Å². The lowest BCUT2D eigenvalue weighted by molar-refractivity contribution is 0.0667. The Balaban J connectivity index is 1.62. The van der Waals surface area contributed by atoms with Crippen LogP contribution in [0.15, 0.2) is 24.3 Å². The van der Waals surface area contributed by atoms with Crippen molar-refractivity contribution in [3.8, 4) is 0 Å². The summed E-state index contributed by atoms with van der Waals surface area (Å²) in [6, 6.07) is 8.30. The van der Waals surface area contributed by atoms with Gasteiger partial charge in [0.2, 0.25) is 0 Å². The molecule has 18 heavy (non-hydrogen) atoms. The molecule has 0 saturated carbocycles. The average molecular weight is 246 g/mol. The average Bonchev–Trinajstić information content (AvgIpc) is 2.91. The standard InChI is InChI=1S/C14H18N2O2/c17-14(18-13-5-7-15-9-13)16-8-6-11-3-1-2-4-12(11)10-16/h1-4,13,15H,5-10H2/t13-/m1/s1. The Bertz CT molecular complexity index is 441. The van der Waals surface area contributed by atoms with Crippen LogP contribution in [-0.2, 0) is 17.7 Å². The van der Waals surface area contributed by atoms with Crippen molar-refractivity contribution in [3.05, 3.63) is 35.4 Å². The molecule has 2 heterocycles. The van der Waals surface area contributed by atoms with Crippen LogP contribution in [0.3, 0.4) is 0 Å². The molecule has 0 unspecified atom stereocenters. The largest absolute Gasteiger partial charge is 0.445 e. The third-order valence-corrected chi connectivity index (χ3v) is 3.67. The molecular weight excluding hydrogens is 228 g/mol. The zero-order valence-corrected chi connectivity index (χ0v) is 10.4. The highest BCUT2D eigenvalue weighted by Gasteiger charge is 2.25. The smallest absolute Gasteiger partial charge is 0.410 e. The molecule has 96 valence electrons. The van der Waals surface area contributed by atoms with E-state index in [2.05, 4.69) is 23.5 Å². The second kappa shape index (κ2) is 4.98. The predicted octanol–water partition coefficient (Wildman–Crippen LogP) is 1.54. The van der Waals surface area contributed by atoms with E-state index in [0.717, 1.165) is 32.5 Å². The topological polar surface area (TPSA) is 41.6 Å². The van der Waals surface area contributed by atoms with Crippen molar-refractivity contribution >= 4 is 6.09 Å². The molecule has 1 atom stereocenters. The number of rotatable bonds is 1. The van der Waals surface area contributed by atoms with Crippen molar-refractivity contribution in [2.45, 2.75) is 25.5 Å². The van der Waals surface area contributed by atoms with Crippen LogP contribution < -0.4 is 5.32 Å². The van der Waals surface area contributed by atoms with Gasteiger partial charge in [-0.2, -0.15) is 0 Å². The van der Waals surface area contributed by atoms with Gasteiger partial charge in [0, 0.05) is 19.6 Å². The molecule has 1 aromatic carbocycles. The molecule has 4 heteroatoms. The van der Waals surface area contributed by atoms with E-state index in [1.54, 1.807) is 4.90 Å². The first-order valence-corrected chi connectivity index (χ1v) is 6.56. The van der Waals surface area contributed by atoms with Gasteiger partial charge in [-0.05, 0) is 30.5 Å². The third kappa shape index (κ3) is 2.34. The molecule has 2 aliphatic rings. The number of carbonyl (C=O) groups is 1. The Kier molecular flexibility index (Phi) is 3.19. The zero-order chi connectivity index (χ0) is 12.4. The van der Waals surface area contributed by atoms with Gasteiger partial charge >= 0.3 is 6.09 Å². The van der Waals surface area contributed by atoms with Crippen LogP contribution in [-0.4, -0.2) is 36.7 Å². The molecule has 1 saturated heterocycles. The van der Waals surface area contributed by atoms with E-state index in [-0.39, 0.29) is 12.2 Å². The number of ether oxygens (including phenoxy) is 1. The van der Waals surface area contributed by atoms with Crippen LogP contribution in [0.25, 0.3) is 0 Å². The second-order valence-electron chi connectivity index (χ2n) is 4.94. The number of benzene rings is 1. The van der Waals surface area contributed by atoms with Crippen LogP contribution in [0.1, 0.15) is 17.5 Å². The highest BCUT2D eigenvalue weighted by molar-refractivity contribution is 5.68.